The molecule has 1 heteroatoms. The van der Waals surface area contributed by atoms with Crippen molar-refractivity contribution < 1.29 is 0 Å². The van der Waals surface area contributed by atoms with Crippen LogP contribution in [0.25, 0.3) is 0 Å². The number of nitrogens with zero attached hydrogens (tertiary/aromatic N) is 1. The summed E-state index contributed by atoms with van der Waals surface area (Å²) in [4.78, 5) is 2.88. The van der Waals surface area contributed by atoms with Crippen molar-refractivity contribution in [3.63, 3.8) is 0 Å². The first-order valence-electron chi connectivity index (χ1n) is 8.85. The average Bonchev–Trinajstić information content (AvgIpc) is 3.36. The Hall–Kier alpha value is -1.60. The number of hydrogen-bond donors (Lipinski definition) is 0. The third kappa shape index (κ3) is 1.39. The van der Waals surface area contributed by atoms with Crippen molar-refractivity contribution in [3.8, 4) is 0 Å². The van der Waals surface area contributed by atoms with E-state index in [2.05, 4.69) is 53.4 Å². The monoisotopic (exact) mass is 287 g/mol. The van der Waals surface area contributed by atoms with E-state index in [1.54, 1.807) is 22.3 Å². The molecule has 1 heterocycles. The van der Waals surface area contributed by atoms with Gasteiger partial charge in [0, 0.05) is 36.4 Å². The summed E-state index contributed by atoms with van der Waals surface area (Å²) in [7, 11) is 0. The zero-order valence-electron chi connectivity index (χ0n) is 12.8. The maximum absolute atomic E-state index is 2.88. The number of likely N-dealkylation sites (tertiary alicyclic amines) is 1. The smallest absolute Gasteiger partial charge is 0.0183 e. The predicted octanol–water partition coefficient (Wildman–Crippen LogP) is 4.25. The Kier molecular flexibility index (Phi) is 2.18. The molecule has 3 aliphatic carbocycles. The highest BCUT2D eigenvalue weighted by molar-refractivity contribution is 5.53. The summed E-state index contributed by atoms with van der Waals surface area (Å²) >= 11 is 0. The summed E-state index contributed by atoms with van der Waals surface area (Å²) in [6, 6.07) is 20.3. The zero-order chi connectivity index (χ0) is 14.3. The second kappa shape index (κ2) is 4.02. The van der Waals surface area contributed by atoms with Gasteiger partial charge in [0.05, 0.1) is 0 Å². The van der Waals surface area contributed by atoms with Crippen LogP contribution in [0.2, 0.25) is 0 Å². The molecule has 4 atom stereocenters. The van der Waals surface area contributed by atoms with Gasteiger partial charge in [0.1, 0.15) is 0 Å². The first kappa shape index (κ1) is 11.9. The van der Waals surface area contributed by atoms with Gasteiger partial charge in [-0.05, 0) is 41.5 Å². The summed E-state index contributed by atoms with van der Waals surface area (Å²) in [6.45, 7) is 1.29. The molecule has 2 aromatic rings. The molecular formula is C21H21N. The van der Waals surface area contributed by atoms with Gasteiger partial charge in [-0.1, -0.05) is 48.5 Å². The number of fused-ring (bicyclic) bond motifs is 3. The SMILES string of the molecule is c1ccc2c(c1)C1CC3C(c4ccccc41)C2CN3C1CC1. The zero-order valence-corrected chi connectivity index (χ0v) is 12.8. The molecule has 1 aliphatic heterocycles. The molecule has 2 fully saturated rings. The van der Waals surface area contributed by atoms with Crippen LogP contribution in [0.3, 0.4) is 0 Å². The largest absolute Gasteiger partial charge is 0.296 e. The Labute approximate surface area is 132 Å². The lowest BCUT2D eigenvalue weighted by molar-refractivity contribution is 0.210. The van der Waals surface area contributed by atoms with Crippen molar-refractivity contribution in [1.29, 1.82) is 0 Å². The molecule has 1 saturated carbocycles. The quantitative estimate of drug-likeness (QED) is 0.758. The molecule has 6 rings (SSSR count). The highest BCUT2D eigenvalue weighted by Gasteiger charge is 2.54. The third-order valence-corrected chi connectivity index (χ3v) is 6.68. The Balaban J connectivity index is 1.63. The molecule has 0 amide bonds. The van der Waals surface area contributed by atoms with Crippen LogP contribution in [-0.4, -0.2) is 23.5 Å². The van der Waals surface area contributed by atoms with E-state index in [4.69, 9.17) is 0 Å². The van der Waals surface area contributed by atoms with Crippen molar-refractivity contribution in [2.45, 2.75) is 49.1 Å². The van der Waals surface area contributed by atoms with E-state index in [0.717, 1.165) is 23.9 Å². The Morgan fingerprint density at radius 1 is 0.773 bits per heavy atom. The molecule has 4 aliphatic rings. The standard InChI is InChI=1S/C21H21N/c1-2-6-15-14(5-1)18-11-20-21(17-8-4-3-7-16(17)18)19(15)12-22(20)13-9-10-13/h1-8,13,18-21H,9-12H2. The van der Waals surface area contributed by atoms with E-state index >= 15 is 0 Å². The van der Waals surface area contributed by atoms with Gasteiger partial charge in [-0.3, -0.25) is 4.90 Å². The second-order valence-corrected chi connectivity index (χ2v) is 7.67. The highest BCUT2D eigenvalue weighted by Crippen LogP contribution is 2.59. The lowest BCUT2D eigenvalue weighted by Crippen LogP contribution is -2.38. The van der Waals surface area contributed by atoms with Crippen LogP contribution in [0.15, 0.2) is 48.5 Å². The van der Waals surface area contributed by atoms with E-state index in [-0.39, 0.29) is 0 Å². The van der Waals surface area contributed by atoms with Gasteiger partial charge in [0.25, 0.3) is 0 Å². The summed E-state index contributed by atoms with van der Waals surface area (Å²) in [5.41, 5.74) is 6.56. The molecule has 22 heavy (non-hydrogen) atoms. The van der Waals surface area contributed by atoms with E-state index in [1.807, 2.05) is 0 Å². The first-order valence-corrected chi connectivity index (χ1v) is 8.85. The van der Waals surface area contributed by atoms with Crippen LogP contribution in [0.4, 0.5) is 0 Å². The van der Waals surface area contributed by atoms with Crippen molar-refractivity contribution in [3.05, 3.63) is 70.8 Å². The molecule has 0 spiro atoms. The van der Waals surface area contributed by atoms with E-state index in [0.29, 0.717) is 5.92 Å². The van der Waals surface area contributed by atoms with Crippen molar-refractivity contribution in [2.24, 2.45) is 0 Å². The van der Waals surface area contributed by atoms with Crippen LogP contribution in [0.5, 0.6) is 0 Å². The van der Waals surface area contributed by atoms with Gasteiger partial charge in [-0.25, -0.2) is 0 Å². The molecule has 0 aromatic heterocycles. The summed E-state index contributed by atoms with van der Waals surface area (Å²) < 4.78 is 0. The summed E-state index contributed by atoms with van der Waals surface area (Å²) in [5.74, 6) is 2.08. The Morgan fingerprint density at radius 3 is 2.14 bits per heavy atom. The van der Waals surface area contributed by atoms with Crippen LogP contribution in [0, 0.1) is 0 Å². The van der Waals surface area contributed by atoms with Crippen molar-refractivity contribution >= 4 is 0 Å². The molecule has 0 N–H and O–H groups in total. The normalized spacial score (nSPS) is 35.1. The molecule has 4 unspecified atom stereocenters. The highest BCUT2D eigenvalue weighted by atomic mass is 15.2. The maximum Gasteiger partial charge on any atom is 0.0183 e. The van der Waals surface area contributed by atoms with Crippen molar-refractivity contribution in [2.75, 3.05) is 6.54 Å². The lowest BCUT2D eigenvalue weighted by atomic mass is 9.73. The summed E-state index contributed by atoms with van der Waals surface area (Å²) in [6.07, 6.45) is 4.21. The average molecular weight is 287 g/mol. The first-order chi connectivity index (χ1) is 10.9. The van der Waals surface area contributed by atoms with E-state index in [1.165, 1.54) is 25.8 Å². The number of rotatable bonds is 1. The van der Waals surface area contributed by atoms with Crippen LogP contribution < -0.4 is 0 Å². The van der Waals surface area contributed by atoms with E-state index < -0.39 is 0 Å². The molecule has 110 valence electrons. The fraction of sp³-hybridized carbons (Fsp3) is 0.429. The molecule has 2 bridgehead atoms. The lowest BCUT2D eigenvalue weighted by Gasteiger charge is -2.37. The molecule has 1 saturated heterocycles. The fourth-order valence-electron chi connectivity index (χ4n) is 5.74. The minimum atomic E-state index is 0.625. The predicted molar refractivity (Wildman–Crippen MR) is 88.3 cm³/mol. The molecule has 1 nitrogen and oxygen atoms in total. The second-order valence-electron chi connectivity index (χ2n) is 7.67. The van der Waals surface area contributed by atoms with Gasteiger partial charge in [-0.2, -0.15) is 0 Å². The minimum Gasteiger partial charge on any atom is -0.296 e. The van der Waals surface area contributed by atoms with Gasteiger partial charge in [0.2, 0.25) is 0 Å². The Morgan fingerprint density at radius 2 is 1.41 bits per heavy atom. The van der Waals surface area contributed by atoms with Crippen molar-refractivity contribution in [1.82, 2.24) is 4.90 Å². The van der Waals surface area contributed by atoms with Gasteiger partial charge < -0.3 is 0 Å². The number of hydrogen-bond acceptors (Lipinski definition) is 1. The molecule has 0 radical (unpaired) electrons. The minimum absolute atomic E-state index is 0.625. The third-order valence-electron chi connectivity index (χ3n) is 6.68. The molecular weight excluding hydrogens is 266 g/mol. The van der Waals surface area contributed by atoms with Crippen LogP contribution in [0.1, 0.15) is 59.3 Å². The van der Waals surface area contributed by atoms with Crippen LogP contribution >= 0.6 is 0 Å². The summed E-state index contributed by atoms with van der Waals surface area (Å²) in [5, 5.41) is 0. The molecule has 2 aromatic carbocycles. The van der Waals surface area contributed by atoms with Gasteiger partial charge in [-0.15, -0.1) is 0 Å². The van der Waals surface area contributed by atoms with Crippen LogP contribution in [-0.2, 0) is 0 Å². The topological polar surface area (TPSA) is 3.24 Å². The Bertz CT molecular complexity index is 754. The number of benzene rings is 2. The van der Waals surface area contributed by atoms with Gasteiger partial charge >= 0.3 is 0 Å². The van der Waals surface area contributed by atoms with Gasteiger partial charge in [0.15, 0.2) is 0 Å². The fourth-order valence-corrected chi connectivity index (χ4v) is 5.74. The maximum atomic E-state index is 2.88. The van der Waals surface area contributed by atoms with E-state index in [9.17, 15) is 0 Å².